The van der Waals surface area contributed by atoms with Crippen LogP contribution < -0.4 is 14.5 Å². The molecule has 168 valence electrons. The Morgan fingerprint density at radius 3 is 2.23 bits per heavy atom. The fourth-order valence-electron chi connectivity index (χ4n) is 3.52. The first-order valence-corrected chi connectivity index (χ1v) is 12.1. The van der Waals surface area contributed by atoms with Crippen LogP contribution in [0.2, 0.25) is 0 Å². The summed E-state index contributed by atoms with van der Waals surface area (Å²) in [7, 11) is -1.42. The molecule has 1 aliphatic rings. The minimum Gasteiger partial charge on any atom is -0.369 e. The Morgan fingerprint density at radius 1 is 1.03 bits per heavy atom. The molecule has 1 aliphatic heterocycles. The summed E-state index contributed by atoms with van der Waals surface area (Å²) in [5, 5.41) is 2.86. The molecule has 0 bridgehead atoms. The van der Waals surface area contributed by atoms with Gasteiger partial charge in [-0.15, -0.1) is 0 Å². The van der Waals surface area contributed by atoms with Crippen molar-refractivity contribution in [2.24, 2.45) is 0 Å². The van der Waals surface area contributed by atoms with E-state index in [1.54, 1.807) is 0 Å². The average Bonchev–Trinajstić information content (AvgIpc) is 2.72. The van der Waals surface area contributed by atoms with Crippen LogP contribution in [-0.2, 0) is 14.8 Å². The number of amides is 1. The third-order valence-electron chi connectivity index (χ3n) is 5.30. The van der Waals surface area contributed by atoms with E-state index in [4.69, 9.17) is 0 Å². The van der Waals surface area contributed by atoms with Gasteiger partial charge in [0.05, 0.1) is 11.9 Å². The molecule has 0 saturated carbocycles. The number of piperazine rings is 1. The first-order valence-electron chi connectivity index (χ1n) is 10.3. The average molecular weight is 449 g/mol. The molecule has 0 aromatic heterocycles. The van der Waals surface area contributed by atoms with Gasteiger partial charge in [0.25, 0.3) is 0 Å². The van der Waals surface area contributed by atoms with Crippen molar-refractivity contribution in [2.45, 2.75) is 12.8 Å². The fourth-order valence-corrected chi connectivity index (χ4v) is 4.49. The summed E-state index contributed by atoms with van der Waals surface area (Å²) < 4.78 is 38.5. The van der Waals surface area contributed by atoms with E-state index in [9.17, 15) is 17.6 Å². The molecule has 1 amide bonds. The zero-order chi connectivity index (χ0) is 22.4. The molecule has 0 unspecified atom stereocenters. The Morgan fingerprint density at radius 2 is 1.65 bits per heavy atom. The van der Waals surface area contributed by atoms with Crippen molar-refractivity contribution in [2.75, 3.05) is 60.5 Å². The third-order valence-corrected chi connectivity index (χ3v) is 6.49. The highest BCUT2D eigenvalue weighted by Crippen LogP contribution is 2.21. The first-order chi connectivity index (χ1) is 14.7. The Kier molecular flexibility index (Phi) is 7.50. The molecule has 1 saturated heterocycles. The van der Waals surface area contributed by atoms with Crippen LogP contribution in [0.4, 0.5) is 21.5 Å². The number of halogens is 1. The second-order valence-corrected chi connectivity index (χ2v) is 9.71. The standard InChI is InChI=1S/C22H29FN4O3S/c1-25-14-16-26(17-15-25)20-11-7-19(8-12-20)24-22(28)4-3-13-27(31(2,29)30)21-9-5-18(23)6-10-21/h5-12H,3-4,13-17H2,1-2H3,(H,24,28). The monoisotopic (exact) mass is 448 g/mol. The maximum absolute atomic E-state index is 13.1. The second-order valence-electron chi connectivity index (χ2n) is 7.80. The molecule has 3 rings (SSSR count). The van der Waals surface area contributed by atoms with Gasteiger partial charge in [-0.25, -0.2) is 12.8 Å². The molecule has 31 heavy (non-hydrogen) atoms. The van der Waals surface area contributed by atoms with Gasteiger partial charge in [-0.1, -0.05) is 0 Å². The predicted molar refractivity (Wildman–Crippen MR) is 123 cm³/mol. The summed E-state index contributed by atoms with van der Waals surface area (Å²) in [6.07, 6.45) is 1.61. The first kappa shape index (κ1) is 23.0. The highest BCUT2D eigenvalue weighted by Gasteiger charge is 2.18. The van der Waals surface area contributed by atoms with Crippen LogP contribution in [0.1, 0.15) is 12.8 Å². The number of likely N-dealkylation sites (N-methyl/N-ethyl adjacent to an activating group) is 1. The number of carbonyl (C=O) groups is 1. The van der Waals surface area contributed by atoms with Gasteiger partial charge in [0.1, 0.15) is 5.82 Å². The fraction of sp³-hybridized carbons (Fsp3) is 0.409. The van der Waals surface area contributed by atoms with Crippen LogP contribution in [0, 0.1) is 5.82 Å². The summed E-state index contributed by atoms with van der Waals surface area (Å²) in [6, 6.07) is 13.0. The van der Waals surface area contributed by atoms with E-state index in [0.29, 0.717) is 17.8 Å². The molecule has 0 spiro atoms. The van der Waals surface area contributed by atoms with E-state index < -0.39 is 15.8 Å². The summed E-state index contributed by atoms with van der Waals surface area (Å²) in [5.74, 6) is -0.616. The summed E-state index contributed by atoms with van der Waals surface area (Å²) in [5.41, 5.74) is 2.22. The number of benzene rings is 2. The van der Waals surface area contributed by atoms with Crippen molar-refractivity contribution in [1.82, 2.24) is 4.90 Å². The Hall–Kier alpha value is -2.65. The second kappa shape index (κ2) is 10.1. The van der Waals surface area contributed by atoms with Crippen molar-refractivity contribution < 1.29 is 17.6 Å². The van der Waals surface area contributed by atoms with Crippen LogP contribution in [0.5, 0.6) is 0 Å². The molecule has 2 aromatic rings. The van der Waals surface area contributed by atoms with Gasteiger partial charge in [-0.2, -0.15) is 0 Å². The van der Waals surface area contributed by atoms with E-state index in [2.05, 4.69) is 22.2 Å². The minimum atomic E-state index is -3.54. The summed E-state index contributed by atoms with van der Waals surface area (Å²) in [4.78, 5) is 16.9. The molecule has 0 atom stereocenters. The Labute approximate surface area is 183 Å². The van der Waals surface area contributed by atoms with E-state index in [1.807, 2.05) is 24.3 Å². The zero-order valence-electron chi connectivity index (χ0n) is 17.9. The maximum Gasteiger partial charge on any atom is 0.232 e. The number of hydrogen-bond acceptors (Lipinski definition) is 5. The largest absolute Gasteiger partial charge is 0.369 e. The molecule has 0 aliphatic carbocycles. The van der Waals surface area contributed by atoms with Gasteiger partial charge in [-0.3, -0.25) is 9.10 Å². The molecule has 7 nitrogen and oxygen atoms in total. The molecule has 1 fully saturated rings. The molecule has 1 heterocycles. The van der Waals surface area contributed by atoms with Gasteiger partial charge < -0.3 is 15.1 Å². The number of anilines is 3. The lowest BCUT2D eigenvalue weighted by atomic mass is 10.2. The molecule has 1 N–H and O–H groups in total. The lowest BCUT2D eigenvalue weighted by Crippen LogP contribution is -2.44. The van der Waals surface area contributed by atoms with Crippen LogP contribution in [-0.4, -0.2) is 65.3 Å². The van der Waals surface area contributed by atoms with Crippen molar-refractivity contribution in [3.63, 3.8) is 0 Å². The van der Waals surface area contributed by atoms with E-state index in [-0.39, 0.29) is 18.9 Å². The zero-order valence-corrected chi connectivity index (χ0v) is 18.7. The minimum absolute atomic E-state index is 0.139. The number of rotatable bonds is 8. The number of hydrogen-bond donors (Lipinski definition) is 1. The van der Waals surface area contributed by atoms with E-state index in [0.717, 1.165) is 38.1 Å². The van der Waals surface area contributed by atoms with Gasteiger partial charge in [0, 0.05) is 50.5 Å². The molecular weight excluding hydrogens is 419 g/mol. The maximum atomic E-state index is 13.1. The predicted octanol–water partition coefficient (Wildman–Crippen LogP) is 2.76. The van der Waals surface area contributed by atoms with E-state index >= 15 is 0 Å². The van der Waals surface area contributed by atoms with Crippen molar-refractivity contribution in [1.29, 1.82) is 0 Å². The summed E-state index contributed by atoms with van der Waals surface area (Å²) >= 11 is 0. The lowest BCUT2D eigenvalue weighted by molar-refractivity contribution is -0.116. The van der Waals surface area contributed by atoms with Crippen LogP contribution in [0.15, 0.2) is 48.5 Å². The van der Waals surface area contributed by atoms with Crippen molar-refractivity contribution in [3.05, 3.63) is 54.3 Å². The van der Waals surface area contributed by atoms with Gasteiger partial charge in [0.2, 0.25) is 15.9 Å². The third kappa shape index (κ3) is 6.67. The quantitative estimate of drug-likeness (QED) is 0.672. The van der Waals surface area contributed by atoms with Crippen LogP contribution in [0.25, 0.3) is 0 Å². The van der Waals surface area contributed by atoms with Gasteiger partial charge in [-0.05, 0) is 62.0 Å². The lowest BCUT2D eigenvalue weighted by Gasteiger charge is -2.34. The smallest absolute Gasteiger partial charge is 0.232 e. The number of nitrogens with one attached hydrogen (secondary N) is 1. The SMILES string of the molecule is CN1CCN(c2ccc(NC(=O)CCCN(c3ccc(F)cc3)S(C)(=O)=O)cc2)CC1. The summed E-state index contributed by atoms with van der Waals surface area (Å²) in [6.45, 7) is 4.15. The number of carbonyl (C=O) groups excluding carboxylic acids is 1. The molecule has 9 heteroatoms. The van der Waals surface area contributed by atoms with Crippen LogP contribution in [0.3, 0.4) is 0 Å². The number of nitrogens with zero attached hydrogens (tertiary/aromatic N) is 3. The molecule has 2 aromatic carbocycles. The van der Waals surface area contributed by atoms with Crippen molar-refractivity contribution >= 4 is 33.0 Å². The van der Waals surface area contributed by atoms with Gasteiger partial charge >= 0.3 is 0 Å². The van der Waals surface area contributed by atoms with Crippen LogP contribution >= 0.6 is 0 Å². The number of sulfonamides is 1. The molecular formula is C22H29FN4O3S. The van der Waals surface area contributed by atoms with Crippen molar-refractivity contribution in [3.8, 4) is 0 Å². The van der Waals surface area contributed by atoms with E-state index in [1.165, 1.54) is 28.6 Å². The highest BCUT2D eigenvalue weighted by atomic mass is 32.2. The highest BCUT2D eigenvalue weighted by molar-refractivity contribution is 7.92. The Balaban J connectivity index is 1.50. The Bertz CT molecular complexity index is 973. The molecule has 0 radical (unpaired) electrons. The topological polar surface area (TPSA) is 73.0 Å². The normalized spacial score (nSPS) is 15.0. The van der Waals surface area contributed by atoms with Gasteiger partial charge in [0.15, 0.2) is 0 Å².